The number of hydrogen-bond acceptors (Lipinski definition) is 6. The number of benzene rings is 2. The normalized spacial score (nSPS) is 10.9. The highest BCUT2D eigenvalue weighted by molar-refractivity contribution is 5.93. The molecule has 0 radical (unpaired) electrons. The molecule has 2 heterocycles. The molecule has 2 aromatic heterocycles. The fourth-order valence-corrected chi connectivity index (χ4v) is 2.98. The molecule has 0 aliphatic carbocycles. The summed E-state index contributed by atoms with van der Waals surface area (Å²) in [5.74, 6) is -0.594. The molecule has 0 fully saturated rings. The van der Waals surface area contributed by atoms with Crippen molar-refractivity contribution < 1.29 is 18.4 Å². The minimum absolute atomic E-state index is 0.0647. The van der Waals surface area contributed by atoms with E-state index in [4.69, 9.17) is 9.26 Å². The minimum atomic E-state index is -0.408. The van der Waals surface area contributed by atoms with Crippen LogP contribution in [0.2, 0.25) is 0 Å². The fourth-order valence-electron chi connectivity index (χ4n) is 2.98. The third kappa shape index (κ3) is 3.98. The van der Waals surface area contributed by atoms with Crippen molar-refractivity contribution in [2.24, 2.45) is 0 Å². The Morgan fingerprint density at radius 2 is 1.97 bits per heavy atom. The highest BCUT2D eigenvalue weighted by Gasteiger charge is 2.19. The fraction of sp³-hybridized carbons (Fsp3) is 0.182. The highest BCUT2D eigenvalue weighted by atomic mass is 19.1. The quantitative estimate of drug-likeness (QED) is 0.525. The molecule has 7 nitrogen and oxygen atoms in total. The standard InChI is InChI=1S/C22H19FN4O3/c1-13-7-8-15(9-14(13)2)20-19-21(25-12-26-22(19)30-27-20)29-11-18(28)24-10-16-5-3-4-6-17(16)23/h3-9,12H,10-11H2,1-2H3,(H,24,28). The van der Waals surface area contributed by atoms with Gasteiger partial charge in [0.15, 0.2) is 6.61 Å². The number of aryl methyl sites for hydroxylation is 2. The number of carbonyl (C=O) groups is 1. The van der Waals surface area contributed by atoms with Crippen LogP contribution in [0.1, 0.15) is 16.7 Å². The van der Waals surface area contributed by atoms with Crippen LogP contribution in [0.15, 0.2) is 53.3 Å². The van der Waals surface area contributed by atoms with Crippen molar-refractivity contribution in [2.75, 3.05) is 6.61 Å². The van der Waals surface area contributed by atoms with Crippen molar-refractivity contribution in [3.63, 3.8) is 0 Å². The van der Waals surface area contributed by atoms with E-state index in [1.54, 1.807) is 18.2 Å². The maximum absolute atomic E-state index is 13.7. The molecule has 0 bridgehead atoms. The molecule has 1 amide bonds. The molecule has 8 heteroatoms. The molecule has 0 aliphatic heterocycles. The lowest BCUT2D eigenvalue weighted by atomic mass is 10.0. The van der Waals surface area contributed by atoms with Gasteiger partial charge in [0.25, 0.3) is 11.6 Å². The lowest BCUT2D eigenvalue weighted by molar-refractivity contribution is -0.123. The number of nitrogens with one attached hydrogen (secondary N) is 1. The molecule has 4 aromatic rings. The van der Waals surface area contributed by atoms with Crippen molar-refractivity contribution in [3.8, 4) is 17.1 Å². The molecule has 152 valence electrons. The number of rotatable bonds is 6. The monoisotopic (exact) mass is 406 g/mol. The van der Waals surface area contributed by atoms with Gasteiger partial charge >= 0.3 is 0 Å². The lowest BCUT2D eigenvalue weighted by Gasteiger charge is -2.08. The first-order chi connectivity index (χ1) is 14.5. The predicted octanol–water partition coefficient (Wildman–Crippen LogP) is 3.74. The van der Waals surface area contributed by atoms with Crippen LogP contribution >= 0.6 is 0 Å². The number of nitrogens with zero attached hydrogens (tertiary/aromatic N) is 3. The molecule has 0 saturated heterocycles. The zero-order valence-electron chi connectivity index (χ0n) is 16.5. The van der Waals surface area contributed by atoms with Gasteiger partial charge in [-0.1, -0.05) is 35.5 Å². The minimum Gasteiger partial charge on any atom is -0.467 e. The Kier molecular flexibility index (Phi) is 5.38. The summed E-state index contributed by atoms with van der Waals surface area (Å²) in [6, 6.07) is 12.2. The summed E-state index contributed by atoms with van der Waals surface area (Å²) < 4.78 is 24.6. The topological polar surface area (TPSA) is 90.1 Å². The first kappa shape index (κ1) is 19.5. The van der Waals surface area contributed by atoms with Crippen LogP contribution in [0.3, 0.4) is 0 Å². The SMILES string of the molecule is Cc1ccc(-c2noc3ncnc(OCC(=O)NCc4ccccc4F)c23)cc1C. The number of halogens is 1. The Balaban J connectivity index is 1.51. The summed E-state index contributed by atoms with van der Waals surface area (Å²) in [6.45, 7) is 3.81. The Hall–Kier alpha value is -3.81. The number of fused-ring (bicyclic) bond motifs is 1. The molecule has 0 unspecified atom stereocenters. The summed E-state index contributed by atoms with van der Waals surface area (Å²) in [5, 5.41) is 7.22. The zero-order valence-corrected chi connectivity index (χ0v) is 16.5. The van der Waals surface area contributed by atoms with E-state index >= 15 is 0 Å². The zero-order chi connectivity index (χ0) is 21.1. The van der Waals surface area contributed by atoms with Crippen LogP contribution in [0.25, 0.3) is 22.4 Å². The number of hydrogen-bond donors (Lipinski definition) is 1. The highest BCUT2D eigenvalue weighted by Crippen LogP contribution is 2.33. The number of carbonyl (C=O) groups excluding carboxylic acids is 1. The Bertz CT molecular complexity index is 1220. The molecule has 1 N–H and O–H groups in total. The summed E-state index contributed by atoms with van der Waals surface area (Å²) in [6.07, 6.45) is 1.28. The van der Waals surface area contributed by atoms with Crippen molar-refractivity contribution >= 4 is 17.0 Å². The van der Waals surface area contributed by atoms with Crippen LogP contribution in [0, 0.1) is 19.7 Å². The van der Waals surface area contributed by atoms with Crippen molar-refractivity contribution in [2.45, 2.75) is 20.4 Å². The van der Waals surface area contributed by atoms with Gasteiger partial charge in [-0.2, -0.15) is 4.98 Å². The van der Waals surface area contributed by atoms with E-state index in [0.717, 1.165) is 16.7 Å². The first-order valence-corrected chi connectivity index (χ1v) is 9.34. The van der Waals surface area contributed by atoms with Gasteiger partial charge in [-0.15, -0.1) is 0 Å². The molecule has 0 atom stereocenters. The van der Waals surface area contributed by atoms with E-state index in [0.29, 0.717) is 16.6 Å². The molecule has 0 saturated carbocycles. The molecule has 30 heavy (non-hydrogen) atoms. The smallest absolute Gasteiger partial charge is 0.265 e. The van der Waals surface area contributed by atoms with Crippen LogP contribution in [-0.4, -0.2) is 27.6 Å². The maximum atomic E-state index is 13.7. The van der Waals surface area contributed by atoms with Crippen LogP contribution in [-0.2, 0) is 11.3 Å². The summed E-state index contributed by atoms with van der Waals surface area (Å²) in [7, 11) is 0. The van der Waals surface area contributed by atoms with Gasteiger partial charge in [-0.3, -0.25) is 4.79 Å². The van der Waals surface area contributed by atoms with Crippen LogP contribution in [0.4, 0.5) is 4.39 Å². The van der Waals surface area contributed by atoms with Gasteiger partial charge in [-0.05, 0) is 37.1 Å². The second-order valence-corrected chi connectivity index (χ2v) is 6.85. The van der Waals surface area contributed by atoms with Gasteiger partial charge in [-0.25, -0.2) is 9.37 Å². The van der Waals surface area contributed by atoms with Crippen molar-refractivity contribution in [1.82, 2.24) is 20.4 Å². The average molecular weight is 406 g/mol. The third-order valence-corrected chi connectivity index (χ3v) is 4.79. The molecular weight excluding hydrogens is 387 g/mol. The number of ether oxygens (including phenoxy) is 1. The van der Waals surface area contributed by atoms with Crippen molar-refractivity contribution in [3.05, 3.63) is 71.3 Å². The summed E-state index contributed by atoms with van der Waals surface area (Å²) >= 11 is 0. The Labute approximate surface area is 171 Å². The van der Waals surface area contributed by atoms with Gasteiger partial charge in [0, 0.05) is 17.7 Å². The van der Waals surface area contributed by atoms with Gasteiger partial charge in [0.2, 0.25) is 5.88 Å². The second kappa shape index (κ2) is 8.28. The molecular formula is C22H19FN4O3. The molecule has 2 aromatic carbocycles. The summed E-state index contributed by atoms with van der Waals surface area (Å²) in [4.78, 5) is 20.4. The lowest BCUT2D eigenvalue weighted by Crippen LogP contribution is -2.28. The first-order valence-electron chi connectivity index (χ1n) is 9.34. The Morgan fingerprint density at radius 3 is 2.77 bits per heavy atom. The maximum Gasteiger partial charge on any atom is 0.265 e. The molecule has 4 rings (SSSR count). The van der Waals surface area contributed by atoms with Crippen LogP contribution < -0.4 is 10.1 Å². The van der Waals surface area contributed by atoms with Gasteiger partial charge < -0.3 is 14.6 Å². The average Bonchev–Trinajstić information content (AvgIpc) is 3.18. The second-order valence-electron chi connectivity index (χ2n) is 6.85. The Morgan fingerprint density at radius 1 is 1.13 bits per heavy atom. The predicted molar refractivity (Wildman–Crippen MR) is 108 cm³/mol. The molecule has 0 spiro atoms. The molecule has 0 aliphatic rings. The third-order valence-electron chi connectivity index (χ3n) is 4.79. The van der Waals surface area contributed by atoms with E-state index in [-0.39, 0.29) is 30.6 Å². The summed E-state index contributed by atoms with van der Waals surface area (Å²) in [5.41, 5.74) is 4.29. The van der Waals surface area contributed by atoms with E-state index in [2.05, 4.69) is 20.4 Å². The number of amides is 1. The number of aromatic nitrogens is 3. The van der Waals surface area contributed by atoms with Gasteiger partial charge in [0.05, 0.1) is 0 Å². The van der Waals surface area contributed by atoms with Crippen LogP contribution in [0.5, 0.6) is 5.88 Å². The largest absolute Gasteiger partial charge is 0.467 e. The van der Waals surface area contributed by atoms with E-state index in [1.165, 1.54) is 12.4 Å². The van der Waals surface area contributed by atoms with E-state index in [1.807, 2.05) is 32.0 Å². The van der Waals surface area contributed by atoms with E-state index in [9.17, 15) is 9.18 Å². The van der Waals surface area contributed by atoms with Crippen molar-refractivity contribution in [1.29, 1.82) is 0 Å². The van der Waals surface area contributed by atoms with Gasteiger partial charge in [0.1, 0.15) is 23.2 Å². The van der Waals surface area contributed by atoms with E-state index < -0.39 is 5.91 Å².